The van der Waals surface area contributed by atoms with Crippen LogP contribution in [0.4, 0.5) is 0 Å². The van der Waals surface area contributed by atoms with Gasteiger partial charge in [0.1, 0.15) is 0 Å². The zero-order valence-corrected chi connectivity index (χ0v) is 11.2. The van der Waals surface area contributed by atoms with Crippen molar-refractivity contribution < 1.29 is 9.90 Å². The second kappa shape index (κ2) is 5.00. The molecule has 0 bridgehead atoms. The number of rotatable bonds is 4. The Bertz CT molecular complexity index is 666. The third-order valence-electron chi connectivity index (χ3n) is 3.54. The van der Waals surface area contributed by atoms with Gasteiger partial charge in [0.05, 0.1) is 11.3 Å². The Kier molecular flexibility index (Phi) is 3.18. The predicted molar refractivity (Wildman–Crippen MR) is 73.6 cm³/mol. The second-order valence-corrected chi connectivity index (χ2v) is 4.96. The zero-order valence-electron chi connectivity index (χ0n) is 11.2. The van der Waals surface area contributed by atoms with E-state index >= 15 is 0 Å². The Labute approximate surface area is 116 Å². The van der Waals surface area contributed by atoms with Gasteiger partial charge in [0.2, 0.25) is 0 Å². The fourth-order valence-corrected chi connectivity index (χ4v) is 2.28. The highest BCUT2D eigenvalue weighted by Crippen LogP contribution is 2.41. The van der Waals surface area contributed by atoms with E-state index in [-0.39, 0.29) is 11.5 Å². The molecule has 0 amide bonds. The molecule has 0 saturated heterocycles. The van der Waals surface area contributed by atoms with Crippen LogP contribution in [0.15, 0.2) is 24.7 Å². The Morgan fingerprint density at radius 3 is 2.85 bits per heavy atom. The molecule has 2 aromatic heterocycles. The van der Waals surface area contributed by atoms with Gasteiger partial charge in [0.15, 0.2) is 5.82 Å². The molecule has 2 aromatic rings. The number of carboxylic acid groups (broad SMARTS) is 1. The Morgan fingerprint density at radius 2 is 2.20 bits per heavy atom. The number of aryl methyl sites for hydroxylation is 1. The van der Waals surface area contributed by atoms with Crippen LogP contribution in [0, 0.1) is 0 Å². The number of aromatic carboxylic acids is 1. The van der Waals surface area contributed by atoms with Gasteiger partial charge in [-0.2, -0.15) is 0 Å². The first-order valence-corrected chi connectivity index (χ1v) is 6.74. The Hall–Kier alpha value is -2.30. The minimum absolute atomic E-state index is 0.225. The minimum atomic E-state index is -0.955. The SMILES string of the molecule is CCc1cnccc1-c1ncc(C(=O)O)c(C2CC2)n1. The summed E-state index contributed by atoms with van der Waals surface area (Å²) in [6.07, 6.45) is 7.80. The molecule has 0 atom stereocenters. The summed E-state index contributed by atoms with van der Waals surface area (Å²) in [5, 5.41) is 9.21. The number of aromatic nitrogens is 3. The average molecular weight is 269 g/mol. The Balaban J connectivity index is 2.11. The van der Waals surface area contributed by atoms with E-state index in [1.54, 1.807) is 12.4 Å². The number of carboxylic acids is 1. The molecule has 0 spiro atoms. The first-order valence-electron chi connectivity index (χ1n) is 6.74. The fraction of sp³-hybridized carbons (Fsp3) is 0.333. The molecular formula is C15H15N3O2. The summed E-state index contributed by atoms with van der Waals surface area (Å²) in [4.78, 5) is 24.1. The van der Waals surface area contributed by atoms with Crippen LogP contribution in [-0.4, -0.2) is 26.0 Å². The molecule has 0 aromatic carbocycles. The van der Waals surface area contributed by atoms with Crippen molar-refractivity contribution in [2.75, 3.05) is 0 Å². The summed E-state index contributed by atoms with van der Waals surface area (Å²) in [6.45, 7) is 2.05. The van der Waals surface area contributed by atoms with Crippen molar-refractivity contribution in [3.05, 3.63) is 41.5 Å². The smallest absolute Gasteiger partial charge is 0.339 e. The van der Waals surface area contributed by atoms with Crippen LogP contribution in [0.25, 0.3) is 11.4 Å². The third-order valence-corrected chi connectivity index (χ3v) is 3.54. The summed E-state index contributed by atoms with van der Waals surface area (Å²) in [5.74, 6) is -0.0881. The van der Waals surface area contributed by atoms with E-state index in [9.17, 15) is 9.90 Å². The Morgan fingerprint density at radius 1 is 1.40 bits per heavy atom. The number of carbonyl (C=O) groups is 1. The van der Waals surface area contributed by atoms with Gasteiger partial charge in [-0.05, 0) is 30.9 Å². The van der Waals surface area contributed by atoms with Gasteiger partial charge in [-0.3, -0.25) is 4.98 Å². The molecule has 20 heavy (non-hydrogen) atoms. The molecular weight excluding hydrogens is 254 g/mol. The van der Waals surface area contributed by atoms with Crippen LogP contribution < -0.4 is 0 Å². The largest absolute Gasteiger partial charge is 0.478 e. The molecule has 2 heterocycles. The summed E-state index contributed by atoms with van der Waals surface area (Å²) in [6, 6.07) is 1.88. The fourth-order valence-electron chi connectivity index (χ4n) is 2.28. The lowest BCUT2D eigenvalue weighted by atomic mass is 10.1. The van der Waals surface area contributed by atoms with Crippen molar-refractivity contribution in [1.82, 2.24) is 15.0 Å². The second-order valence-electron chi connectivity index (χ2n) is 4.96. The van der Waals surface area contributed by atoms with Gasteiger partial charge >= 0.3 is 5.97 Å². The van der Waals surface area contributed by atoms with E-state index in [4.69, 9.17) is 0 Å². The lowest BCUT2D eigenvalue weighted by molar-refractivity contribution is 0.0694. The van der Waals surface area contributed by atoms with Crippen molar-refractivity contribution in [2.24, 2.45) is 0 Å². The van der Waals surface area contributed by atoms with Crippen molar-refractivity contribution in [1.29, 1.82) is 0 Å². The van der Waals surface area contributed by atoms with E-state index in [1.807, 2.05) is 13.0 Å². The van der Waals surface area contributed by atoms with Gasteiger partial charge in [-0.15, -0.1) is 0 Å². The van der Waals surface area contributed by atoms with Crippen molar-refractivity contribution in [3.63, 3.8) is 0 Å². The normalized spacial score (nSPS) is 14.2. The highest BCUT2D eigenvalue weighted by Gasteiger charge is 2.30. The average Bonchev–Trinajstić information content (AvgIpc) is 3.31. The number of nitrogens with zero attached hydrogens (tertiary/aromatic N) is 3. The highest BCUT2D eigenvalue weighted by atomic mass is 16.4. The maximum atomic E-state index is 11.2. The van der Waals surface area contributed by atoms with Crippen LogP contribution in [0.3, 0.4) is 0 Å². The molecule has 1 aliphatic rings. The topological polar surface area (TPSA) is 76.0 Å². The van der Waals surface area contributed by atoms with Gasteiger partial charge in [-0.25, -0.2) is 14.8 Å². The van der Waals surface area contributed by atoms with E-state index in [2.05, 4.69) is 15.0 Å². The van der Waals surface area contributed by atoms with Crippen molar-refractivity contribution in [3.8, 4) is 11.4 Å². The van der Waals surface area contributed by atoms with E-state index in [0.29, 0.717) is 11.5 Å². The number of hydrogen-bond acceptors (Lipinski definition) is 4. The monoisotopic (exact) mass is 269 g/mol. The minimum Gasteiger partial charge on any atom is -0.478 e. The van der Waals surface area contributed by atoms with E-state index in [0.717, 1.165) is 30.4 Å². The van der Waals surface area contributed by atoms with Crippen LogP contribution >= 0.6 is 0 Å². The van der Waals surface area contributed by atoms with Gasteiger partial charge < -0.3 is 5.11 Å². The van der Waals surface area contributed by atoms with Crippen LogP contribution in [0.2, 0.25) is 0 Å². The number of hydrogen-bond donors (Lipinski definition) is 1. The molecule has 1 saturated carbocycles. The summed E-state index contributed by atoms with van der Waals surface area (Å²) >= 11 is 0. The van der Waals surface area contributed by atoms with Gasteiger partial charge in [-0.1, -0.05) is 6.92 Å². The molecule has 5 heteroatoms. The first kappa shape index (κ1) is 12.7. The number of pyridine rings is 1. The molecule has 0 aliphatic heterocycles. The molecule has 1 N–H and O–H groups in total. The summed E-state index contributed by atoms with van der Waals surface area (Å²) < 4.78 is 0. The summed E-state index contributed by atoms with van der Waals surface area (Å²) in [5.41, 5.74) is 2.89. The van der Waals surface area contributed by atoms with Crippen LogP contribution in [-0.2, 0) is 6.42 Å². The molecule has 0 radical (unpaired) electrons. The first-order chi connectivity index (χ1) is 9.70. The lowest BCUT2D eigenvalue weighted by Gasteiger charge is -2.09. The van der Waals surface area contributed by atoms with Gasteiger partial charge in [0, 0.05) is 30.1 Å². The standard InChI is InChI=1S/C15H15N3O2/c1-2-9-7-16-6-5-11(9)14-17-8-12(15(19)20)13(18-14)10-3-4-10/h5-8,10H,2-4H2,1H3,(H,19,20). The molecule has 5 nitrogen and oxygen atoms in total. The van der Waals surface area contributed by atoms with Crippen molar-refractivity contribution >= 4 is 5.97 Å². The lowest BCUT2D eigenvalue weighted by Crippen LogP contribution is -2.07. The summed E-state index contributed by atoms with van der Waals surface area (Å²) in [7, 11) is 0. The molecule has 3 rings (SSSR count). The zero-order chi connectivity index (χ0) is 14.1. The third kappa shape index (κ3) is 2.27. The van der Waals surface area contributed by atoms with Crippen molar-refractivity contribution in [2.45, 2.75) is 32.1 Å². The molecule has 0 unspecified atom stereocenters. The van der Waals surface area contributed by atoms with Crippen LogP contribution in [0.5, 0.6) is 0 Å². The maximum Gasteiger partial charge on any atom is 0.339 e. The van der Waals surface area contributed by atoms with E-state index < -0.39 is 5.97 Å². The molecule has 102 valence electrons. The quantitative estimate of drug-likeness (QED) is 0.923. The van der Waals surface area contributed by atoms with Gasteiger partial charge in [0.25, 0.3) is 0 Å². The molecule has 1 fully saturated rings. The van der Waals surface area contributed by atoms with Crippen LogP contribution in [0.1, 0.15) is 47.3 Å². The maximum absolute atomic E-state index is 11.2. The highest BCUT2D eigenvalue weighted by molar-refractivity contribution is 5.89. The van der Waals surface area contributed by atoms with E-state index in [1.165, 1.54) is 6.20 Å². The predicted octanol–water partition coefficient (Wildman–Crippen LogP) is 2.68. The molecule has 1 aliphatic carbocycles.